The van der Waals surface area contributed by atoms with Crippen molar-refractivity contribution < 1.29 is 47.6 Å². The highest BCUT2D eigenvalue weighted by Crippen LogP contribution is 2.15. The van der Waals surface area contributed by atoms with Gasteiger partial charge in [0.25, 0.3) is 11.8 Å². The molecule has 1 atom stereocenters. The van der Waals surface area contributed by atoms with Gasteiger partial charge in [0.05, 0.1) is 66.1 Å². The molecule has 0 bridgehead atoms. The molecule has 0 aromatic rings. The lowest BCUT2D eigenvalue weighted by molar-refractivity contribution is -0.137. The summed E-state index contributed by atoms with van der Waals surface area (Å²) in [6.45, 7) is 4.92. The highest BCUT2D eigenvalue weighted by molar-refractivity contribution is 6.13. The zero-order valence-electron chi connectivity index (χ0n) is 23.9. The molecular weight excluding hydrogens is 538 g/mol. The lowest BCUT2D eigenvalue weighted by atomic mass is 10.0. The molecule has 41 heavy (non-hydrogen) atoms. The van der Waals surface area contributed by atoms with E-state index in [1.165, 1.54) is 12.2 Å². The first kappa shape index (κ1) is 34.4. The molecule has 0 aromatic heterocycles. The number of imide groups is 1. The Balaban J connectivity index is 1.24. The summed E-state index contributed by atoms with van der Waals surface area (Å²) in [7, 11) is 0. The number of alkyl carbamates (subject to hydrolysis) is 1. The SMILES string of the molecule is O=C(CCN1C(=O)C=CC1=O)NCCOCCOCCOCCOCCOCCNC(=O)OC1CC/C=C/CCC1. The zero-order chi connectivity index (χ0) is 29.4. The Morgan fingerprint density at radius 1 is 0.707 bits per heavy atom. The monoisotopic (exact) mass is 583 g/mol. The van der Waals surface area contributed by atoms with Crippen molar-refractivity contribution in [2.75, 3.05) is 85.7 Å². The number of carbonyl (C=O) groups is 4. The molecule has 0 spiro atoms. The van der Waals surface area contributed by atoms with Crippen LogP contribution in [0.15, 0.2) is 24.3 Å². The van der Waals surface area contributed by atoms with Crippen LogP contribution in [0.5, 0.6) is 0 Å². The first-order chi connectivity index (χ1) is 20.1. The minimum absolute atomic E-state index is 0.0182. The molecule has 1 aliphatic heterocycles. The van der Waals surface area contributed by atoms with E-state index >= 15 is 0 Å². The molecule has 0 fully saturated rings. The Morgan fingerprint density at radius 3 is 1.80 bits per heavy atom. The van der Waals surface area contributed by atoms with Gasteiger partial charge >= 0.3 is 6.09 Å². The Hall–Kier alpha value is -2.84. The topological polar surface area (TPSA) is 151 Å². The van der Waals surface area contributed by atoms with Crippen LogP contribution in [0, 0.1) is 0 Å². The Kier molecular flexibility index (Phi) is 19.1. The van der Waals surface area contributed by atoms with Crippen molar-refractivity contribution in [1.82, 2.24) is 15.5 Å². The summed E-state index contributed by atoms with van der Waals surface area (Å²) in [5, 5.41) is 5.39. The summed E-state index contributed by atoms with van der Waals surface area (Å²) in [6, 6.07) is 0. The van der Waals surface area contributed by atoms with Crippen LogP contribution in [0.3, 0.4) is 0 Å². The lowest BCUT2D eigenvalue weighted by Gasteiger charge is -2.18. The molecule has 0 aromatic carbocycles. The first-order valence-electron chi connectivity index (χ1n) is 14.3. The summed E-state index contributed by atoms with van der Waals surface area (Å²) in [5.74, 6) is -1.05. The molecule has 13 nitrogen and oxygen atoms in total. The van der Waals surface area contributed by atoms with E-state index in [-0.39, 0.29) is 25.0 Å². The molecule has 232 valence electrons. The summed E-state index contributed by atoms with van der Waals surface area (Å²) < 4.78 is 32.6. The molecular formula is C28H45N3O10. The molecule has 2 rings (SSSR count). The number of amides is 4. The maximum absolute atomic E-state index is 11.9. The zero-order valence-corrected chi connectivity index (χ0v) is 23.9. The third-order valence-corrected chi connectivity index (χ3v) is 6.03. The smallest absolute Gasteiger partial charge is 0.407 e. The van der Waals surface area contributed by atoms with Crippen LogP contribution in [0.1, 0.15) is 38.5 Å². The summed E-state index contributed by atoms with van der Waals surface area (Å²) >= 11 is 0. The molecule has 1 unspecified atom stereocenters. The lowest BCUT2D eigenvalue weighted by Crippen LogP contribution is -2.35. The average molecular weight is 584 g/mol. The van der Waals surface area contributed by atoms with Crippen molar-refractivity contribution in [2.45, 2.75) is 44.6 Å². The number of allylic oxidation sites excluding steroid dienone is 2. The van der Waals surface area contributed by atoms with Crippen molar-refractivity contribution in [3.8, 4) is 0 Å². The molecule has 1 heterocycles. The van der Waals surface area contributed by atoms with Crippen LogP contribution < -0.4 is 10.6 Å². The minimum Gasteiger partial charge on any atom is -0.446 e. The number of rotatable bonds is 22. The number of carbonyl (C=O) groups excluding carboxylic acids is 4. The van der Waals surface area contributed by atoms with Gasteiger partial charge in [-0.2, -0.15) is 0 Å². The predicted octanol–water partition coefficient (Wildman–Crippen LogP) is 1.12. The van der Waals surface area contributed by atoms with Crippen LogP contribution in [-0.4, -0.2) is 121 Å². The van der Waals surface area contributed by atoms with Gasteiger partial charge in [0.2, 0.25) is 5.91 Å². The fourth-order valence-corrected chi connectivity index (χ4v) is 3.86. The van der Waals surface area contributed by atoms with Gasteiger partial charge in [-0.25, -0.2) is 4.79 Å². The summed E-state index contributed by atoms with van der Waals surface area (Å²) in [6.07, 6.45) is 11.1. The second-order valence-corrected chi connectivity index (χ2v) is 9.26. The van der Waals surface area contributed by atoms with E-state index < -0.39 is 17.9 Å². The van der Waals surface area contributed by atoms with Gasteiger partial charge < -0.3 is 39.1 Å². The standard InChI is InChI=1S/C28H45N3O10/c32-25(10-13-31-26(33)8-9-27(31)34)29-11-14-36-16-18-38-20-22-40-23-21-39-19-17-37-15-12-30-28(35)41-24-6-4-2-1-3-5-7-24/h1-2,8-9,24H,3-7,10-23H2,(H,29,32)(H,30,35)/b2-1+. The maximum atomic E-state index is 11.9. The summed E-state index contributed by atoms with van der Waals surface area (Å²) in [4.78, 5) is 47.5. The van der Waals surface area contributed by atoms with Crippen LogP contribution >= 0.6 is 0 Å². The van der Waals surface area contributed by atoms with Crippen molar-refractivity contribution >= 4 is 23.8 Å². The van der Waals surface area contributed by atoms with Crippen LogP contribution in [-0.2, 0) is 42.8 Å². The van der Waals surface area contributed by atoms with E-state index in [0.29, 0.717) is 79.2 Å². The summed E-state index contributed by atoms with van der Waals surface area (Å²) in [5.41, 5.74) is 0. The molecule has 2 N–H and O–H groups in total. The van der Waals surface area contributed by atoms with Gasteiger partial charge in [-0.15, -0.1) is 0 Å². The van der Waals surface area contributed by atoms with Crippen LogP contribution in [0.25, 0.3) is 0 Å². The van der Waals surface area contributed by atoms with Crippen LogP contribution in [0.4, 0.5) is 4.79 Å². The van der Waals surface area contributed by atoms with E-state index in [2.05, 4.69) is 22.8 Å². The third-order valence-electron chi connectivity index (χ3n) is 6.03. The highest BCUT2D eigenvalue weighted by atomic mass is 16.6. The number of nitrogens with one attached hydrogen (secondary N) is 2. The molecule has 1 aliphatic carbocycles. The molecule has 0 saturated heterocycles. The van der Waals surface area contributed by atoms with E-state index in [4.69, 9.17) is 28.4 Å². The normalized spacial score (nSPS) is 17.8. The van der Waals surface area contributed by atoms with Gasteiger partial charge in [0, 0.05) is 38.2 Å². The molecule has 4 amide bonds. The average Bonchev–Trinajstić information content (AvgIpc) is 3.26. The molecule has 2 aliphatic rings. The molecule has 13 heteroatoms. The van der Waals surface area contributed by atoms with E-state index in [9.17, 15) is 19.2 Å². The number of nitrogens with zero attached hydrogens (tertiary/aromatic N) is 1. The Labute approximate surface area is 241 Å². The Morgan fingerprint density at radius 2 is 1.22 bits per heavy atom. The minimum atomic E-state index is -0.397. The van der Waals surface area contributed by atoms with Gasteiger partial charge in [0.1, 0.15) is 6.10 Å². The first-order valence-corrected chi connectivity index (χ1v) is 14.3. The number of hydrogen-bond donors (Lipinski definition) is 2. The maximum Gasteiger partial charge on any atom is 0.407 e. The van der Waals surface area contributed by atoms with Gasteiger partial charge in [-0.05, 0) is 32.1 Å². The second kappa shape index (κ2) is 22.8. The number of ether oxygens (including phenoxy) is 6. The second-order valence-electron chi connectivity index (χ2n) is 9.26. The third kappa shape index (κ3) is 17.6. The predicted molar refractivity (Wildman–Crippen MR) is 148 cm³/mol. The van der Waals surface area contributed by atoms with E-state index in [0.717, 1.165) is 37.0 Å². The largest absolute Gasteiger partial charge is 0.446 e. The van der Waals surface area contributed by atoms with Gasteiger partial charge in [0.15, 0.2) is 0 Å². The van der Waals surface area contributed by atoms with Gasteiger partial charge in [-0.3, -0.25) is 19.3 Å². The Bertz CT molecular complexity index is 818. The molecule has 0 radical (unpaired) electrons. The van der Waals surface area contributed by atoms with Gasteiger partial charge in [-0.1, -0.05) is 12.2 Å². The molecule has 0 saturated carbocycles. The van der Waals surface area contributed by atoms with Crippen molar-refractivity contribution in [2.24, 2.45) is 0 Å². The number of hydrogen-bond acceptors (Lipinski definition) is 10. The quantitative estimate of drug-likeness (QED) is 0.108. The fourth-order valence-electron chi connectivity index (χ4n) is 3.86. The van der Waals surface area contributed by atoms with E-state index in [1.54, 1.807) is 0 Å². The van der Waals surface area contributed by atoms with Crippen molar-refractivity contribution in [3.05, 3.63) is 24.3 Å². The van der Waals surface area contributed by atoms with Crippen LogP contribution in [0.2, 0.25) is 0 Å². The van der Waals surface area contributed by atoms with Crippen molar-refractivity contribution in [1.29, 1.82) is 0 Å². The fraction of sp³-hybridized carbons (Fsp3) is 0.714. The van der Waals surface area contributed by atoms with Crippen molar-refractivity contribution in [3.63, 3.8) is 0 Å². The highest BCUT2D eigenvalue weighted by Gasteiger charge is 2.23. The van der Waals surface area contributed by atoms with E-state index in [1.807, 2.05) is 0 Å².